The van der Waals surface area contributed by atoms with Crippen LogP contribution in [0.1, 0.15) is 25.7 Å². The van der Waals surface area contributed by atoms with E-state index in [0.29, 0.717) is 0 Å². The van der Waals surface area contributed by atoms with Crippen LogP contribution < -0.4 is 10.8 Å². The first-order valence-corrected chi connectivity index (χ1v) is 11.5. The monoisotopic (exact) mass is 582 g/mol. The van der Waals surface area contributed by atoms with E-state index in [2.05, 4.69) is 0 Å². The Bertz CT molecular complexity index is 653. The Labute approximate surface area is 185 Å². The van der Waals surface area contributed by atoms with Crippen molar-refractivity contribution in [1.29, 1.82) is 0 Å². The predicted octanol–water partition coefficient (Wildman–Crippen LogP) is 6.84. The average Bonchev–Trinajstić information content (AvgIpc) is 2.58. The Kier molecular flexibility index (Phi) is 9.33. The highest BCUT2D eigenvalue weighted by Gasteiger charge is 2.82. The molecule has 0 aromatic rings. The van der Waals surface area contributed by atoms with E-state index in [1.54, 1.807) is 0 Å². The van der Waals surface area contributed by atoms with Gasteiger partial charge in [-0.15, -0.1) is 0 Å². The smallest absolute Gasteiger partial charge is 0.339 e. The van der Waals surface area contributed by atoms with Gasteiger partial charge in [0.15, 0.2) is 8.40 Å². The number of rotatable bonds is 12. The fourth-order valence-electron chi connectivity index (χ4n) is 2.53. The first-order chi connectivity index (χ1) is 14.9. The molecular formula is C14H16F18N2Si. The molecule has 35 heavy (non-hydrogen) atoms. The van der Waals surface area contributed by atoms with Crippen molar-refractivity contribution in [2.45, 2.75) is 85.7 Å². The summed E-state index contributed by atoms with van der Waals surface area (Å²) in [5.41, 5.74) is 0. The van der Waals surface area contributed by atoms with E-state index in [1.165, 1.54) is 0 Å². The molecule has 0 aliphatic carbocycles. The summed E-state index contributed by atoms with van der Waals surface area (Å²) in [6.45, 7) is 0. The van der Waals surface area contributed by atoms with Crippen LogP contribution in [0.5, 0.6) is 0 Å². The van der Waals surface area contributed by atoms with E-state index >= 15 is 0 Å². The van der Waals surface area contributed by atoms with Gasteiger partial charge in [-0.3, -0.25) is 0 Å². The third-order valence-electron chi connectivity index (χ3n) is 4.69. The molecule has 0 atom stereocenters. The van der Waals surface area contributed by atoms with Crippen molar-refractivity contribution < 1.29 is 79.0 Å². The summed E-state index contributed by atoms with van der Waals surface area (Å²) < 4.78 is 229. The highest BCUT2D eigenvalue weighted by Crippen LogP contribution is 2.55. The second-order valence-corrected chi connectivity index (χ2v) is 11.1. The van der Waals surface area contributed by atoms with E-state index < -0.39 is 94.1 Å². The van der Waals surface area contributed by atoms with Crippen LogP contribution in [0.2, 0.25) is 12.1 Å². The first kappa shape index (κ1) is 33.9. The summed E-state index contributed by atoms with van der Waals surface area (Å²) in [6.07, 6.45) is -21.7. The lowest BCUT2D eigenvalue weighted by atomic mass is 10.00. The highest BCUT2D eigenvalue weighted by molar-refractivity contribution is 6.73. The van der Waals surface area contributed by atoms with Crippen molar-refractivity contribution in [1.82, 2.24) is 0 Å². The molecule has 0 rings (SSSR count). The van der Waals surface area contributed by atoms with Crippen molar-refractivity contribution >= 4 is 8.40 Å². The lowest BCUT2D eigenvalue weighted by molar-refractivity contribution is -0.396. The Morgan fingerprint density at radius 2 is 0.629 bits per heavy atom. The summed E-state index contributed by atoms with van der Waals surface area (Å²) in [6, 6.07) is -2.14. The molecule has 2 nitrogen and oxygen atoms in total. The molecule has 0 bridgehead atoms. The van der Waals surface area contributed by atoms with Crippen LogP contribution in [0.4, 0.5) is 79.0 Å². The van der Waals surface area contributed by atoms with Gasteiger partial charge in [0.1, 0.15) is 0 Å². The zero-order chi connectivity index (χ0) is 28.7. The number of hydrogen-bond donors (Lipinski definition) is 2. The predicted molar refractivity (Wildman–Crippen MR) is 84.0 cm³/mol. The van der Waals surface area contributed by atoms with Gasteiger partial charge >= 0.3 is 47.9 Å². The fourth-order valence-corrected chi connectivity index (χ4v) is 4.45. The zero-order valence-electron chi connectivity index (χ0n) is 16.7. The third kappa shape index (κ3) is 6.61. The van der Waals surface area contributed by atoms with Crippen molar-refractivity contribution in [3.63, 3.8) is 0 Å². The Balaban J connectivity index is 5.17. The average molecular weight is 582 g/mol. The standard InChI is InChI=1S/C14H16F18N2Si/c15-7(16,9(19,20)11(23,24)13(27,28)29)3-1-5-35(33,34)6-2-4-8(17,18)10(21,22)12(25,26)14(30,31)32/h1-6,33-34H2. The van der Waals surface area contributed by atoms with Crippen LogP contribution in [0, 0.1) is 0 Å². The van der Waals surface area contributed by atoms with Crippen molar-refractivity contribution in [3.05, 3.63) is 0 Å². The maximum absolute atomic E-state index is 13.4. The molecule has 0 aromatic carbocycles. The number of nitrogens with two attached hydrogens (primary N) is 2. The van der Waals surface area contributed by atoms with Gasteiger partial charge in [0, 0.05) is 12.8 Å². The van der Waals surface area contributed by atoms with Gasteiger partial charge in [0.25, 0.3) is 0 Å². The summed E-state index contributed by atoms with van der Waals surface area (Å²) in [4.78, 5) is 0. The van der Waals surface area contributed by atoms with E-state index in [4.69, 9.17) is 10.8 Å². The molecule has 0 aromatic heterocycles. The maximum atomic E-state index is 13.4. The summed E-state index contributed by atoms with van der Waals surface area (Å²) in [5.74, 6) is -40.2. The van der Waals surface area contributed by atoms with Gasteiger partial charge in [0.2, 0.25) is 0 Å². The lowest BCUT2D eigenvalue weighted by Gasteiger charge is -2.34. The largest absolute Gasteiger partial charge is 0.460 e. The minimum absolute atomic E-state index is 1.07. The molecule has 0 unspecified atom stereocenters. The van der Waals surface area contributed by atoms with Crippen LogP contribution in [0.3, 0.4) is 0 Å². The van der Waals surface area contributed by atoms with Gasteiger partial charge in [-0.1, -0.05) is 0 Å². The molecule has 0 saturated carbocycles. The van der Waals surface area contributed by atoms with Crippen molar-refractivity contribution in [3.8, 4) is 0 Å². The Hall–Kier alpha value is -1.12. The van der Waals surface area contributed by atoms with Crippen LogP contribution in [-0.2, 0) is 0 Å². The number of hydrogen-bond acceptors (Lipinski definition) is 2. The Morgan fingerprint density at radius 1 is 0.400 bits per heavy atom. The summed E-state index contributed by atoms with van der Waals surface area (Å²) in [7, 11) is -4.16. The minimum Gasteiger partial charge on any atom is -0.339 e. The van der Waals surface area contributed by atoms with E-state index in [-0.39, 0.29) is 0 Å². The van der Waals surface area contributed by atoms with Crippen LogP contribution in [0.25, 0.3) is 0 Å². The van der Waals surface area contributed by atoms with Crippen LogP contribution in [0.15, 0.2) is 0 Å². The van der Waals surface area contributed by atoms with E-state index in [1.807, 2.05) is 0 Å². The molecule has 21 heteroatoms. The highest BCUT2D eigenvalue weighted by atomic mass is 28.3. The normalized spacial score (nSPS) is 16.1. The SMILES string of the molecule is N[Si](N)(CCCC(F)(F)C(F)(F)C(F)(F)C(F)(F)F)CCCC(F)(F)C(F)(F)C(F)(F)C(F)(F)F. The molecule has 0 heterocycles. The van der Waals surface area contributed by atoms with E-state index in [9.17, 15) is 79.0 Å². The lowest BCUT2D eigenvalue weighted by Crippen LogP contribution is -2.61. The molecule has 4 N–H and O–H groups in total. The third-order valence-corrected chi connectivity index (χ3v) is 7.25. The molecule has 0 aliphatic heterocycles. The van der Waals surface area contributed by atoms with Gasteiger partial charge in [-0.25, -0.2) is 0 Å². The van der Waals surface area contributed by atoms with Gasteiger partial charge < -0.3 is 10.8 Å². The quantitative estimate of drug-likeness (QED) is 0.196. The van der Waals surface area contributed by atoms with Crippen molar-refractivity contribution in [2.75, 3.05) is 0 Å². The van der Waals surface area contributed by atoms with Gasteiger partial charge in [-0.2, -0.15) is 79.0 Å². The van der Waals surface area contributed by atoms with Crippen LogP contribution in [-0.4, -0.2) is 56.3 Å². The Morgan fingerprint density at radius 3 is 0.829 bits per heavy atom. The van der Waals surface area contributed by atoms with Crippen LogP contribution >= 0.6 is 0 Å². The minimum atomic E-state index is -7.17. The molecule has 212 valence electrons. The summed E-state index contributed by atoms with van der Waals surface area (Å²) in [5, 5.41) is 10.6. The molecular weight excluding hydrogens is 566 g/mol. The first-order valence-electron chi connectivity index (χ1n) is 8.89. The fraction of sp³-hybridized carbons (Fsp3) is 1.00. The zero-order valence-corrected chi connectivity index (χ0v) is 17.7. The van der Waals surface area contributed by atoms with Gasteiger partial charge in [0.05, 0.1) is 0 Å². The summed E-state index contributed by atoms with van der Waals surface area (Å²) >= 11 is 0. The van der Waals surface area contributed by atoms with Gasteiger partial charge in [-0.05, 0) is 24.9 Å². The maximum Gasteiger partial charge on any atom is 0.460 e. The molecule has 0 fully saturated rings. The molecule has 0 saturated heterocycles. The topological polar surface area (TPSA) is 52.0 Å². The molecule has 0 radical (unpaired) electrons. The second-order valence-electron chi connectivity index (χ2n) is 7.64. The molecule has 0 amide bonds. The molecule has 0 spiro atoms. The second kappa shape index (κ2) is 9.64. The van der Waals surface area contributed by atoms with Crippen molar-refractivity contribution in [2.24, 2.45) is 10.8 Å². The molecule has 0 aliphatic rings. The number of halogens is 18. The number of alkyl halides is 18. The van der Waals surface area contributed by atoms with E-state index in [0.717, 1.165) is 0 Å².